The van der Waals surface area contributed by atoms with Gasteiger partial charge in [0.1, 0.15) is 24.3 Å². The summed E-state index contributed by atoms with van der Waals surface area (Å²) in [5.74, 6) is 0.851. The Bertz CT molecular complexity index is 1050. The van der Waals surface area contributed by atoms with E-state index >= 15 is 0 Å². The number of carbonyl (C=O) groups is 1. The van der Waals surface area contributed by atoms with E-state index in [2.05, 4.69) is 26.0 Å². The SMILES string of the molecule is CC(C)c1cnn2c(NC3CC4CCC(C3)N4C(=O)OC3CCNC3)cc(NCC(F)(F)F)nc12. The maximum Gasteiger partial charge on any atom is 0.410 e. The number of halogens is 3. The van der Waals surface area contributed by atoms with Crippen LogP contribution in [0.2, 0.25) is 0 Å². The van der Waals surface area contributed by atoms with Gasteiger partial charge in [0.25, 0.3) is 0 Å². The van der Waals surface area contributed by atoms with Crippen LogP contribution in [0.25, 0.3) is 5.65 Å². The molecule has 3 fully saturated rings. The Morgan fingerprint density at radius 3 is 2.63 bits per heavy atom. The van der Waals surface area contributed by atoms with Crippen molar-refractivity contribution < 1.29 is 22.7 Å². The summed E-state index contributed by atoms with van der Waals surface area (Å²) in [6.07, 6.45) is 1.22. The van der Waals surface area contributed by atoms with Gasteiger partial charge in [0.2, 0.25) is 0 Å². The highest BCUT2D eigenvalue weighted by molar-refractivity contribution is 5.69. The van der Waals surface area contributed by atoms with E-state index in [4.69, 9.17) is 4.74 Å². The minimum absolute atomic E-state index is 0.0532. The van der Waals surface area contributed by atoms with Gasteiger partial charge in [0.15, 0.2) is 5.65 Å². The second kappa shape index (κ2) is 9.36. The Balaban J connectivity index is 1.33. The molecule has 3 aliphatic heterocycles. The molecule has 3 saturated heterocycles. The summed E-state index contributed by atoms with van der Waals surface area (Å²) in [4.78, 5) is 19.2. The number of carbonyl (C=O) groups excluding carboxylic acids is 1. The number of ether oxygens (including phenoxy) is 1. The van der Waals surface area contributed by atoms with E-state index in [1.165, 1.54) is 0 Å². The number of hydrogen-bond donors (Lipinski definition) is 3. The van der Waals surface area contributed by atoms with Crippen LogP contribution in [0, 0.1) is 0 Å². The first-order chi connectivity index (χ1) is 16.7. The zero-order chi connectivity index (χ0) is 24.7. The summed E-state index contributed by atoms with van der Waals surface area (Å²) in [7, 11) is 0. The highest BCUT2D eigenvalue weighted by Crippen LogP contribution is 2.38. The molecule has 3 unspecified atom stereocenters. The highest BCUT2D eigenvalue weighted by atomic mass is 19.4. The Hall–Kier alpha value is -2.76. The van der Waals surface area contributed by atoms with Crippen molar-refractivity contribution in [1.82, 2.24) is 24.8 Å². The first-order valence-electron chi connectivity index (χ1n) is 12.3. The molecule has 0 saturated carbocycles. The lowest BCUT2D eigenvalue weighted by Crippen LogP contribution is -2.50. The normalized spacial score (nSPS) is 26.5. The zero-order valence-electron chi connectivity index (χ0n) is 19.9. The summed E-state index contributed by atoms with van der Waals surface area (Å²) < 4.78 is 45.9. The molecule has 2 aromatic heterocycles. The molecular weight excluding hydrogens is 463 g/mol. The Kier molecular flexibility index (Phi) is 6.41. The quantitative estimate of drug-likeness (QED) is 0.562. The van der Waals surface area contributed by atoms with Crippen molar-refractivity contribution in [3.8, 4) is 0 Å². The third-order valence-electron chi connectivity index (χ3n) is 7.17. The van der Waals surface area contributed by atoms with Crippen LogP contribution < -0.4 is 16.0 Å². The molecule has 0 aromatic carbocycles. The summed E-state index contributed by atoms with van der Waals surface area (Å²) >= 11 is 0. The number of piperidine rings is 1. The molecule has 2 bridgehead atoms. The molecule has 3 atom stereocenters. The molecule has 1 amide bonds. The number of hydrogen-bond acceptors (Lipinski definition) is 7. The van der Waals surface area contributed by atoms with Crippen molar-refractivity contribution in [2.45, 2.75) is 82.3 Å². The molecule has 35 heavy (non-hydrogen) atoms. The Labute approximate surface area is 201 Å². The van der Waals surface area contributed by atoms with Gasteiger partial charge in [-0.1, -0.05) is 13.8 Å². The second-order valence-electron chi connectivity index (χ2n) is 10.1. The van der Waals surface area contributed by atoms with E-state index < -0.39 is 12.7 Å². The molecule has 9 nitrogen and oxygen atoms in total. The van der Waals surface area contributed by atoms with Crippen LogP contribution >= 0.6 is 0 Å². The Morgan fingerprint density at radius 2 is 2.00 bits per heavy atom. The number of nitrogens with zero attached hydrogens (tertiary/aromatic N) is 4. The molecular formula is C23H32F3N7O2. The number of aromatic nitrogens is 3. The Morgan fingerprint density at radius 1 is 1.26 bits per heavy atom. The number of amides is 1. The molecule has 12 heteroatoms. The first kappa shape index (κ1) is 24.0. The van der Waals surface area contributed by atoms with Gasteiger partial charge >= 0.3 is 12.3 Å². The van der Waals surface area contributed by atoms with Crippen molar-refractivity contribution in [2.24, 2.45) is 0 Å². The molecule has 192 valence electrons. The van der Waals surface area contributed by atoms with Gasteiger partial charge < -0.3 is 25.6 Å². The number of alkyl halides is 3. The van der Waals surface area contributed by atoms with Crippen LogP contribution in [0.1, 0.15) is 57.4 Å². The lowest BCUT2D eigenvalue weighted by molar-refractivity contribution is -0.115. The third kappa shape index (κ3) is 5.12. The zero-order valence-corrected chi connectivity index (χ0v) is 19.9. The van der Waals surface area contributed by atoms with Crippen molar-refractivity contribution >= 4 is 23.4 Å². The van der Waals surface area contributed by atoms with Gasteiger partial charge in [-0.15, -0.1) is 0 Å². The second-order valence-corrected chi connectivity index (χ2v) is 10.1. The van der Waals surface area contributed by atoms with Crippen LogP contribution in [0.4, 0.5) is 29.6 Å². The summed E-state index contributed by atoms with van der Waals surface area (Å²) in [6, 6.07) is 1.79. The fourth-order valence-electron chi connectivity index (χ4n) is 5.51. The monoisotopic (exact) mass is 495 g/mol. The van der Waals surface area contributed by atoms with Crippen molar-refractivity contribution in [3.63, 3.8) is 0 Å². The van der Waals surface area contributed by atoms with Crippen LogP contribution in [0.5, 0.6) is 0 Å². The van der Waals surface area contributed by atoms with E-state index in [0.717, 1.165) is 44.2 Å². The summed E-state index contributed by atoms with van der Waals surface area (Å²) in [6.45, 7) is 4.39. The van der Waals surface area contributed by atoms with Gasteiger partial charge in [-0.3, -0.25) is 0 Å². The molecule has 0 aliphatic carbocycles. The van der Waals surface area contributed by atoms with Crippen LogP contribution in [-0.4, -0.2) is 75.6 Å². The van der Waals surface area contributed by atoms with Crippen molar-refractivity contribution in [2.75, 3.05) is 30.3 Å². The van der Waals surface area contributed by atoms with Crippen LogP contribution in [0.15, 0.2) is 12.3 Å². The number of anilines is 2. The van der Waals surface area contributed by atoms with Gasteiger partial charge in [-0.2, -0.15) is 22.8 Å². The summed E-state index contributed by atoms with van der Waals surface area (Å²) in [5.41, 5.74) is 1.39. The smallest absolute Gasteiger partial charge is 0.410 e. The van der Waals surface area contributed by atoms with Gasteiger partial charge in [-0.25, -0.2) is 9.78 Å². The van der Waals surface area contributed by atoms with Gasteiger partial charge in [0, 0.05) is 36.3 Å². The topological polar surface area (TPSA) is 95.8 Å². The van der Waals surface area contributed by atoms with Gasteiger partial charge in [-0.05, 0) is 44.6 Å². The number of nitrogens with one attached hydrogen (secondary N) is 3. The minimum atomic E-state index is -4.35. The van der Waals surface area contributed by atoms with Crippen LogP contribution in [-0.2, 0) is 4.74 Å². The third-order valence-corrected chi connectivity index (χ3v) is 7.17. The predicted octanol–water partition coefficient (Wildman–Crippen LogP) is 3.73. The lowest BCUT2D eigenvalue weighted by atomic mass is 9.98. The van der Waals surface area contributed by atoms with Crippen molar-refractivity contribution in [3.05, 3.63) is 17.8 Å². The van der Waals surface area contributed by atoms with E-state index in [1.54, 1.807) is 16.8 Å². The molecule has 3 N–H and O–H groups in total. The predicted molar refractivity (Wildman–Crippen MR) is 125 cm³/mol. The van der Waals surface area contributed by atoms with E-state index in [0.29, 0.717) is 18.0 Å². The van der Waals surface area contributed by atoms with E-state index in [9.17, 15) is 18.0 Å². The fourth-order valence-corrected chi connectivity index (χ4v) is 5.51. The van der Waals surface area contributed by atoms with E-state index in [1.807, 2.05) is 18.7 Å². The number of rotatable bonds is 6. The maximum absolute atomic E-state index is 12.9. The average Bonchev–Trinajstić information content (AvgIpc) is 3.50. The molecule has 5 heterocycles. The van der Waals surface area contributed by atoms with Crippen LogP contribution in [0.3, 0.4) is 0 Å². The lowest BCUT2D eigenvalue weighted by Gasteiger charge is -2.39. The molecule has 0 spiro atoms. The van der Waals surface area contributed by atoms with Gasteiger partial charge in [0.05, 0.1) is 6.20 Å². The largest absolute Gasteiger partial charge is 0.445 e. The molecule has 0 radical (unpaired) electrons. The molecule has 5 rings (SSSR count). The first-order valence-corrected chi connectivity index (χ1v) is 12.3. The number of fused-ring (bicyclic) bond motifs is 3. The standard InChI is InChI=1S/C23H32F3N7O2/c1-13(2)18-11-29-33-20(9-19(31-21(18)33)28-12-23(24,25)26)30-14-7-15-3-4-16(8-14)32(15)22(34)35-17-5-6-27-10-17/h9,11,13-17,27,30H,3-8,10,12H2,1-2H3,(H,28,31). The highest BCUT2D eigenvalue weighted by Gasteiger charge is 2.45. The molecule has 3 aliphatic rings. The van der Waals surface area contributed by atoms with Crippen molar-refractivity contribution in [1.29, 1.82) is 0 Å². The molecule has 2 aromatic rings. The summed E-state index contributed by atoms with van der Waals surface area (Å²) in [5, 5.41) is 13.6. The average molecular weight is 496 g/mol. The minimum Gasteiger partial charge on any atom is -0.445 e. The maximum atomic E-state index is 12.9. The fraction of sp³-hybridized carbons (Fsp3) is 0.696. The van der Waals surface area contributed by atoms with E-state index in [-0.39, 0.29) is 42.1 Å².